The van der Waals surface area contributed by atoms with E-state index in [9.17, 15) is 14.7 Å². The maximum atomic E-state index is 12.0. The molecule has 0 unspecified atom stereocenters. The molecule has 2 rings (SSSR count). The highest BCUT2D eigenvalue weighted by molar-refractivity contribution is 5.66. The van der Waals surface area contributed by atoms with Crippen LogP contribution in [0.2, 0.25) is 0 Å². The number of nitrogens with one attached hydrogen (secondary N) is 1. The van der Waals surface area contributed by atoms with Gasteiger partial charge in [-0.15, -0.1) is 0 Å². The van der Waals surface area contributed by atoms with Gasteiger partial charge in [0.15, 0.2) is 0 Å². The fourth-order valence-electron chi connectivity index (χ4n) is 2.24. The predicted molar refractivity (Wildman–Crippen MR) is 75.5 cm³/mol. The molecular weight excluding hydrogens is 294 g/mol. The summed E-state index contributed by atoms with van der Waals surface area (Å²) in [6, 6.07) is 1.57. The number of rotatable bonds is 7. The first kappa shape index (κ1) is 16.4. The molecule has 3 atom stereocenters. The molecule has 9 heteroatoms. The lowest BCUT2D eigenvalue weighted by Gasteiger charge is -2.14. The Bertz CT molecular complexity index is 575. The number of hydrogen-bond acceptors (Lipinski definition) is 7. The topological polar surface area (TPSA) is 134 Å². The third-order valence-electron chi connectivity index (χ3n) is 3.40. The molecule has 0 aliphatic carbocycles. The summed E-state index contributed by atoms with van der Waals surface area (Å²) in [5, 5.41) is 30.1. The van der Waals surface area contributed by atoms with E-state index in [4.69, 9.17) is 14.9 Å². The second-order valence-electron chi connectivity index (χ2n) is 5.04. The summed E-state index contributed by atoms with van der Waals surface area (Å²) < 4.78 is 6.64. The molecule has 122 valence electrons. The Labute approximate surface area is 126 Å². The number of nitrogens with zero attached hydrogens (tertiary/aromatic N) is 2. The first-order chi connectivity index (χ1) is 10.5. The summed E-state index contributed by atoms with van der Waals surface area (Å²) in [5.74, 6) is -0.524. The van der Waals surface area contributed by atoms with Gasteiger partial charge >= 0.3 is 11.7 Å². The predicted octanol–water partition coefficient (Wildman–Crippen LogP) is -0.839. The van der Waals surface area contributed by atoms with Crippen molar-refractivity contribution in [1.29, 1.82) is 0 Å². The first-order valence-electron chi connectivity index (χ1n) is 7.00. The van der Waals surface area contributed by atoms with Gasteiger partial charge in [-0.25, -0.2) is 4.79 Å². The molecule has 1 saturated heterocycles. The molecule has 1 aromatic heterocycles. The molecule has 4 N–H and O–H groups in total. The fraction of sp³-hybridized carbons (Fsp3) is 0.615. The van der Waals surface area contributed by atoms with Crippen LogP contribution in [0.15, 0.2) is 17.1 Å². The van der Waals surface area contributed by atoms with Gasteiger partial charge in [-0.1, -0.05) is 0 Å². The fourth-order valence-corrected chi connectivity index (χ4v) is 2.24. The molecule has 22 heavy (non-hydrogen) atoms. The van der Waals surface area contributed by atoms with Crippen LogP contribution in [0.1, 0.15) is 25.5 Å². The van der Waals surface area contributed by atoms with E-state index in [-0.39, 0.29) is 19.4 Å². The molecule has 0 saturated carbocycles. The van der Waals surface area contributed by atoms with Crippen molar-refractivity contribution in [2.24, 2.45) is 0 Å². The van der Waals surface area contributed by atoms with Gasteiger partial charge in [-0.05, 0) is 12.5 Å². The van der Waals surface area contributed by atoms with E-state index in [1.165, 1.54) is 10.8 Å². The SMILES string of the molecule is O=C(O)CCCNc1ccn([C@H]2C[C@H](O)[C@@H](CO)O2)c(=O)n1. The van der Waals surface area contributed by atoms with Crippen molar-refractivity contribution in [1.82, 2.24) is 9.55 Å². The van der Waals surface area contributed by atoms with Crippen molar-refractivity contribution >= 4 is 11.8 Å². The molecule has 1 aliphatic heterocycles. The number of anilines is 1. The highest BCUT2D eigenvalue weighted by atomic mass is 16.5. The van der Waals surface area contributed by atoms with Gasteiger partial charge in [0.1, 0.15) is 18.1 Å². The zero-order valence-corrected chi connectivity index (χ0v) is 11.9. The Morgan fingerprint density at radius 2 is 2.32 bits per heavy atom. The number of hydrogen-bond donors (Lipinski definition) is 4. The Morgan fingerprint density at radius 1 is 1.55 bits per heavy atom. The minimum Gasteiger partial charge on any atom is -0.481 e. The van der Waals surface area contributed by atoms with E-state index in [0.717, 1.165) is 0 Å². The number of carboxylic acid groups (broad SMARTS) is 1. The van der Waals surface area contributed by atoms with E-state index in [1.54, 1.807) is 6.07 Å². The van der Waals surface area contributed by atoms with Crippen LogP contribution in [0.4, 0.5) is 5.82 Å². The monoisotopic (exact) mass is 313 g/mol. The summed E-state index contributed by atoms with van der Waals surface area (Å²) in [7, 11) is 0. The second kappa shape index (κ2) is 7.34. The molecule has 1 aliphatic rings. The van der Waals surface area contributed by atoms with E-state index in [0.29, 0.717) is 18.8 Å². The van der Waals surface area contributed by atoms with Crippen molar-refractivity contribution in [3.05, 3.63) is 22.7 Å². The van der Waals surface area contributed by atoms with E-state index < -0.39 is 30.1 Å². The zero-order valence-electron chi connectivity index (χ0n) is 11.9. The maximum Gasteiger partial charge on any atom is 0.351 e. The van der Waals surface area contributed by atoms with Gasteiger partial charge in [0.05, 0.1) is 12.7 Å². The van der Waals surface area contributed by atoms with E-state index >= 15 is 0 Å². The lowest BCUT2D eigenvalue weighted by molar-refractivity contribution is -0.137. The van der Waals surface area contributed by atoms with Crippen molar-refractivity contribution in [2.75, 3.05) is 18.5 Å². The van der Waals surface area contributed by atoms with Crippen LogP contribution in [0.3, 0.4) is 0 Å². The average Bonchev–Trinajstić information content (AvgIpc) is 2.84. The largest absolute Gasteiger partial charge is 0.481 e. The average molecular weight is 313 g/mol. The number of carboxylic acids is 1. The van der Waals surface area contributed by atoms with Gasteiger partial charge in [0, 0.05) is 25.6 Å². The Hall–Kier alpha value is -1.97. The molecule has 0 aromatic carbocycles. The van der Waals surface area contributed by atoms with Crippen molar-refractivity contribution in [3.63, 3.8) is 0 Å². The molecule has 0 amide bonds. The minimum atomic E-state index is -0.874. The van der Waals surface area contributed by atoms with Crippen LogP contribution in [0.5, 0.6) is 0 Å². The van der Waals surface area contributed by atoms with Crippen LogP contribution in [-0.2, 0) is 9.53 Å². The first-order valence-corrected chi connectivity index (χ1v) is 7.00. The lowest BCUT2D eigenvalue weighted by atomic mass is 10.2. The van der Waals surface area contributed by atoms with Crippen molar-refractivity contribution in [2.45, 2.75) is 37.7 Å². The van der Waals surface area contributed by atoms with Crippen LogP contribution in [-0.4, -0.2) is 56.2 Å². The van der Waals surface area contributed by atoms with Gasteiger partial charge in [-0.2, -0.15) is 4.98 Å². The number of aromatic nitrogens is 2. The summed E-state index contributed by atoms with van der Waals surface area (Å²) in [6.07, 6.45) is -0.0180. The van der Waals surface area contributed by atoms with Crippen LogP contribution < -0.4 is 11.0 Å². The third kappa shape index (κ3) is 4.03. The van der Waals surface area contributed by atoms with Crippen LogP contribution in [0, 0.1) is 0 Å². The Morgan fingerprint density at radius 3 is 2.91 bits per heavy atom. The summed E-state index contributed by atoms with van der Waals surface area (Å²) >= 11 is 0. The molecular formula is C13H19N3O6. The van der Waals surface area contributed by atoms with Gasteiger partial charge in [0.2, 0.25) is 0 Å². The van der Waals surface area contributed by atoms with Gasteiger partial charge in [0.25, 0.3) is 0 Å². The second-order valence-corrected chi connectivity index (χ2v) is 5.04. The number of aliphatic hydroxyl groups excluding tert-OH is 2. The molecule has 0 bridgehead atoms. The van der Waals surface area contributed by atoms with Crippen molar-refractivity contribution in [3.8, 4) is 0 Å². The molecule has 1 aromatic rings. The normalized spacial score (nSPS) is 24.4. The van der Waals surface area contributed by atoms with Crippen LogP contribution in [0.25, 0.3) is 0 Å². The zero-order chi connectivity index (χ0) is 16.1. The molecule has 9 nitrogen and oxygen atoms in total. The van der Waals surface area contributed by atoms with Gasteiger partial charge in [-0.3, -0.25) is 9.36 Å². The quantitative estimate of drug-likeness (QED) is 0.479. The van der Waals surface area contributed by atoms with Crippen LogP contribution >= 0.6 is 0 Å². The number of ether oxygens (including phenoxy) is 1. The summed E-state index contributed by atoms with van der Waals surface area (Å²) in [5.41, 5.74) is -0.543. The summed E-state index contributed by atoms with van der Waals surface area (Å²) in [6.45, 7) is 0.0804. The number of carbonyl (C=O) groups is 1. The third-order valence-corrected chi connectivity index (χ3v) is 3.40. The smallest absolute Gasteiger partial charge is 0.351 e. The van der Waals surface area contributed by atoms with E-state index in [2.05, 4.69) is 10.3 Å². The highest BCUT2D eigenvalue weighted by Crippen LogP contribution is 2.27. The number of aliphatic hydroxyl groups is 2. The minimum absolute atomic E-state index is 0.0421. The molecule has 1 fully saturated rings. The molecule has 0 spiro atoms. The Kier molecular flexibility index (Phi) is 5.47. The Balaban J connectivity index is 1.95. The molecule has 0 radical (unpaired) electrons. The van der Waals surface area contributed by atoms with Crippen molar-refractivity contribution < 1.29 is 24.9 Å². The lowest BCUT2D eigenvalue weighted by Crippen LogP contribution is -2.28. The van der Waals surface area contributed by atoms with Gasteiger partial charge < -0.3 is 25.4 Å². The number of aliphatic carboxylic acids is 1. The standard InChI is InChI=1S/C13H19N3O6/c17-7-9-8(18)6-11(22-9)16-5-3-10(15-13(16)21)14-4-1-2-12(19)20/h3,5,8-9,11,17-18H,1-2,4,6-7H2,(H,19,20)(H,14,15,21)/t8-,9+,11+/m0/s1. The summed E-state index contributed by atoms with van der Waals surface area (Å²) in [4.78, 5) is 26.2. The molecule has 2 heterocycles. The maximum absolute atomic E-state index is 12.0. The van der Waals surface area contributed by atoms with E-state index in [1.807, 2.05) is 0 Å². The highest BCUT2D eigenvalue weighted by Gasteiger charge is 2.34.